The molecule has 0 aliphatic rings. The quantitative estimate of drug-likeness (QED) is 0.390. The number of hydrogen-bond acceptors (Lipinski definition) is 8. The molecule has 1 atom stereocenters. The van der Waals surface area contributed by atoms with Crippen molar-refractivity contribution in [3.05, 3.63) is 65.0 Å². The number of thiazole rings is 1. The molecule has 188 valence electrons. The third kappa shape index (κ3) is 6.72. The lowest BCUT2D eigenvalue weighted by atomic mass is 10.1. The second-order valence-corrected chi connectivity index (χ2v) is 12.5. The van der Waals surface area contributed by atoms with Crippen LogP contribution in [0.2, 0.25) is 0 Å². The molecule has 36 heavy (non-hydrogen) atoms. The predicted molar refractivity (Wildman–Crippen MR) is 144 cm³/mol. The first-order valence-electron chi connectivity index (χ1n) is 11.1. The standard InChI is InChI=1S/C25H26N4O4S3/c1-16(2)36(32,33)20-6-4-5-19(13-20)23(30)27-21(11-12-34-3)24(31)29-25-28-22(15-35-25)18-9-7-17(14-26)8-10-18/h4-10,13,15-16,21H,11-12H2,1-3H3,(H,27,30)(H,28,29,31)/t21-/m0/s1. The van der Waals surface area contributed by atoms with Gasteiger partial charge in [0.2, 0.25) is 5.91 Å². The molecule has 11 heteroatoms. The molecule has 1 heterocycles. The van der Waals surface area contributed by atoms with Gasteiger partial charge in [-0.15, -0.1) is 11.3 Å². The molecule has 2 aromatic carbocycles. The van der Waals surface area contributed by atoms with E-state index in [-0.39, 0.29) is 10.5 Å². The number of hydrogen-bond donors (Lipinski definition) is 2. The van der Waals surface area contributed by atoms with Crippen molar-refractivity contribution in [2.75, 3.05) is 17.3 Å². The summed E-state index contributed by atoms with van der Waals surface area (Å²) in [4.78, 5) is 30.5. The lowest BCUT2D eigenvalue weighted by molar-refractivity contribution is -0.118. The van der Waals surface area contributed by atoms with Crippen LogP contribution >= 0.6 is 23.1 Å². The molecule has 0 aliphatic carbocycles. The van der Waals surface area contributed by atoms with Gasteiger partial charge in [0.15, 0.2) is 15.0 Å². The van der Waals surface area contributed by atoms with Gasteiger partial charge < -0.3 is 10.6 Å². The average Bonchev–Trinajstić information content (AvgIpc) is 3.34. The molecule has 2 N–H and O–H groups in total. The Balaban J connectivity index is 1.74. The maximum Gasteiger partial charge on any atom is 0.251 e. The highest BCUT2D eigenvalue weighted by molar-refractivity contribution is 7.98. The Morgan fingerprint density at radius 2 is 1.89 bits per heavy atom. The van der Waals surface area contributed by atoms with Crippen LogP contribution < -0.4 is 10.6 Å². The topological polar surface area (TPSA) is 129 Å². The van der Waals surface area contributed by atoms with E-state index >= 15 is 0 Å². The summed E-state index contributed by atoms with van der Waals surface area (Å²) in [5, 5.41) is 16.0. The third-order valence-electron chi connectivity index (χ3n) is 5.32. The van der Waals surface area contributed by atoms with Crippen molar-refractivity contribution in [1.29, 1.82) is 5.26 Å². The van der Waals surface area contributed by atoms with Crippen molar-refractivity contribution in [3.63, 3.8) is 0 Å². The molecule has 0 aliphatic heterocycles. The highest BCUT2D eigenvalue weighted by atomic mass is 32.2. The van der Waals surface area contributed by atoms with Gasteiger partial charge in [0, 0.05) is 16.5 Å². The first-order valence-corrected chi connectivity index (χ1v) is 14.9. The van der Waals surface area contributed by atoms with Gasteiger partial charge in [-0.05, 0) is 62.6 Å². The molecular formula is C25H26N4O4S3. The van der Waals surface area contributed by atoms with Crippen molar-refractivity contribution >= 4 is 49.9 Å². The number of amides is 2. The highest BCUT2D eigenvalue weighted by Gasteiger charge is 2.24. The molecule has 0 saturated heterocycles. The van der Waals surface area contributed by atoms with Gasteiger partial charge in [0.25, 0.3) is 5.91 Å². The van der Waals surface area contributed by atoms with Gasteiger partial charge in [-0.1, -0.05) is 18.2 Å². The molecule has 3 rings (SSSR count). The number of anilines is 1. The number of thioether (sulfide) groups is 1. The number of benzene rings is 2. The summed E-state index contributed by atoms with van der Waals surface area (Å²) in [7, 11) is -3.54. The highest BCUT2D eigenvalue weighted by Crippen LogP contribution is 2.25. The number of carbonyl (C=O) groups is 2. The molecular weight excluding hydrogens is 517 g/mol. The summed E-state index contributed by atoms with van der Waals surface area (Å²) >= 11 is 2.80. The van der Waals surface area contributed by atoms with E-state index in [1.807, 2.05) is 6.26 Å². The van der Waals surface area contributed by atoms with Gasteiger partial charge in [0.05, 0.1) is 27.5 Å². The fraction of sp³-hybridized carbons (Fsp3) is 0.280. The van der Waals surface area contributed by atoms with E-state index < -0.39 is 32.9 Å². The predicted octanol–water partition coefficient (Wildman–Crippen LogP) is 4.35. The van der Waals surface area contributed by atoms with E-state index in [9.17, 15) is 18.0 Å². The summed E-state index contributed by atoms with van der Waals surface area (Å²) in [5.41, 5.74) is 2.18. The summed E-state index contributed by atoms with van der Waals surface area (Å²) in [6.07, 6.45) is 2.29. The lowest BCUT2D eigenvalue weighted by Gasteiger charge is -2.18. The van der Waals surface area contributed by atoms with E-state index in [4.69, 9.17) is 5.26 Å². The maximum atomic E-state index is 13.0. The minimum atomic E-state index is -3.54. The van der Waals surface area contributed by atoms with Crippen molar-refractivity contribution in [1.82, 2.24) is 10.3 Å². The lowest BCUT2D eigenvalue weighted by Crippen LogP contribution is -2.44. The van der Waals surface area contributed by atoms with Gasteiger partial charge in [-0.2, -0.15) is 17.0 Å². The fourth-order valence-corrected chi connectivity index (χ4v) is 5.50. The number of aromatic nitrogens is 1. The Hall–Kier alpha value is -3.20. The van der Waals surface area contributed by atoms with Crippen LogP contribution in [0.15, 0.2) is 58.8 Å². The zero-order valence-electron chi connectivity index (χ0n) is 20.0. The van der Waals surface area contributed by atoms with Crippen LogP contribution in [-0.2, 0) is 14.6 Å². The van der Waals surface area contributed by atoms with Crippen LogP contribution in [0.5, 0.6) is 0 Å². The normalized spacial score (nSPS) is 12.1. The molecule has 0 spiro atoms. The van der Waals surface area contributed by atoms with Crippen LogP contribution in [0, 0.1) is 11.3 Å². The van der Waals surface area contributed by atoms with Gasteiger partial charge in [0.1, 0.15) is 6.04 Å². The summed E-state index contributed by atoms with van der Waals surface area (Å²) in [5.74, 6) is -0.312. The maximum absolute atomic E-state index is 13.0. The molecule has 3 aromatic rings. The third-order valence-corrected chi connectivity index (χ3v) is 8.88. The smallest absolute Gasteiger partial charge is 0.251 e. The summed E-state index contributed by atoms with van der Waals surface area (Å²) in [6.45, 7) is 3.16. The van der Waals surface area contributed by atoms with E-state index in [2.05, 4.69) is 21.7 Å². The Morgan fingerprint density at radius 3 is 2.53 bits per heavy atom. The van der Waals surface area contributed by atoms with Crippen LogP contribution in [0.3, 0.4) is 0 Å². The number of carbonyl (C=O) groups excluding carboxylic acids is 2. The van der Waals surface area contributed by atoms with Crippen LogP contribution in [0.25, 0.3) is 11.3 Å². The molecule has 8 nitrogen and oxygen atoms in total. The first kappa shape index (κ1) is 27.4. The van der Waals surface area contributed by atoms with Crippen LogP contribution in [0.4, 0.5) is 5.13 Å². The summed E-state index contributed by atoms with van der Waals surface area (Å²) in [6, 6.07) is 14.0. The molecule has 0 bridgehead atoms. The largest absolute Gasteiger partial charge is 0.340 e. The molecule has 0 unspecified atom stereocenters. The minimum Gasteiger partial charge on any atom is -0.340 e. The van der Waals surface area contributed by atoms with Crippen molar-refractivity contribution < 1.29 is 18.0 Å². The van der Waals surface area contributed by atoms with E-state index in [0.29, 0.717) is 28.6 Å². The van der Waals surface area contributed by atoms with Crippen molar-refractivity contribution in [2.45, 2.75) is 36.5 Å². The van der Waals surface area contributed by atoms with Gasteiger partial charge in [-0.3, -0.25) is 9.59 Å². The van der Waals surface area contributed by atoms with E-state index in [1.54, 1.807) is 55.3 Å². The number of nitrogens with zero attached hydrogens (tertiary/aromatic N) is 2. The van der Waals surface area contributed by atoms with E-state index in [0.717, 1.165) is 5.56 Å². The second-order valence-electron chi connectivity index (χ2n) is 8.15. The Labute approximate surface area is 219 Å². The van der Waals surface area contributed by atoms with Crippen molar-refractivity contribution in [2.24, 2.45) is 0 Å². The first-order chi connectivity index (χ1) is 17.1. The molecule has 0 radical (unpaired) electrons. The molecule has 0 saturated carbocycles. The SMILES string of the molecule is CSCC[C@H](NC(=O)c1cccc(S(=O)(=O)C(C)C)c1)C(=O)Nc1nc(-c2ccc(C#N)cc2)cs1. The zero-order chi connectivity index (χ0) is 26.3. The Kier molecular flexibility index (Phi) is 9.25. The van der Waals surface area contributed by atoms with Gasteiger partial charge >= 0.3 is 0 Å². The fourth-order valence-electron chi connectivity index (χ4n) is 3.20. The number of nitrogens with one attached hydrogen (secondary N) is 2. The number of nitriles is 1. The zero-order valence-corrected chi connectivity index (χ0v) is 22.5. The number of rotatable bonds is 10. The van der Waals surface area contributed by atoms with E-state index in [1.165, 1.54) is 35.6 Å². The van der Waals surface area contributed by atoms with Gasteiger partial charge in [-0.25, -0.2) is 13.4 Å². The van der Waals surface area contributed by atoms with Crippen LogP contribution in [-0.4, -0.2) is 48.5 Å². The van der Waals surface area contributed by atoms with Crippen molar-refractivity contribution in [3.8, 4) is 17.3 Å². The Bertz CT molecular complexity index is 1380. The monoisotopic (exact) mass is 542 g/mol. The molecule has 2 amide bonds. The average molecular weight is 543 g/mol. The summed E-state index contributed by atoms with van der Waals surface area (Å²) < 4.78 is 25.0. The minimum absolute atomic E-state index is 0.0633. The number of sulfone groups is 1. The Morgan fingerprint density at radius 1 is 1.17 bits per heavy atom. The molecule has 0 fully saturated rings. The molecule has 1 aromatic heterocycles. The second kappa shape index (κ2) is 12.2. The van der Waals surface area contributed by atoms with Crippen LogP contribution in [0.1, 0.15) is 36.2 Å².